The maximum Gasteiger partial charge on any atom is 0.277 e. The number of fused-ring (bicyclic) bond motifs is 1. The van der Waals surface area contributed by atoms with E-state index >= 15 is 0 Å². The van der Waals surface area contributed by atoms with Crippen molar-refractivity contribution < 1.29 is 9.53 Å². The molecule has 1 aromatic rings. The van der Waals surface area contributed by atoms with Gasteiger partial charge in [-0.25, -0.2) is 5.43 Å². The van der Waals surface area contributed by atoms with E-state index in [1.54, 1.807) is 0 Å². The van der Waals surface area contributed by atoms with Gasteiger partial charge in [0.15, 0.2) is 6.61 Å². The number of carbonyl (C=O) groups is 1. The Hall–Kier alpha value is -2.10. The maximum absolute atomic E-state index is 11.7. The number of amides is 1. The summed E-state index contributed by atoms with van der Waals surface area (Å²) < 4.78 is 5.48. The van der Waals surface area contributed by atoms with Gasteiger partial charge in [-0.05, 0) is 55.9 Å². The first kappa shape index (κ1) is 13.9. The molecule has 1 saturated carbocycles. The molecule has 2 aliphatic rings. The molecule has 1 fully saturated rings. The first-order valence-corrected chi connectivity index (χ1v) is 7.35. The molecular weight excluding hydrogens is 264 g/mol. The SMILES string of the molecule is Cc1ccc(OCC(=O)N/N=C2/C[C@@H]3C=CC[C@H]23)cc1C. The summed E-state index contributed by atoms with van der Waals surface area (Å²) in [6, 6.07) is 5.81. The molecular formula is C17H20N2O2. The van der Waals surface area contributed by atoms with Crippen LogP contribution in [0.25, 0.3) is 0 Å². The van der Waals surface area contributed by atoms with Crippen LogP contribution in [0.15, 0.2) is 35.5 Å². The fraction of sp³-hybridized carbons (Fsp3) is 0.412. The largest absolute Gasteiger partial charge is 0.484 e. The number of benzene rings is 1. The van der Waals surface area contributed by atoms with Crippen LogP contribution in [0.4, 0.5) is 0 Å². The third kappa shape index (κ3) is 2.99. The second-order valence-corrected chi connectivity index (χ2v) is 5.81. The van der Waals surface area contributed by atoms with Crippen molar-refractivity contribution in [2.24, 2.45) is 16.9 Å². The molecule has 0 heterocycles. The monoisotopic (exact) mass is 284 g/mol. The van der Waals surface area contributed by atoms with Gasteiger partial charge in [0.25, 0.3) is 5.91 Å². The second-order valence-electron chi connectivity index (χ2n) is 5.81. The van der Waals surface area contributed by atoms with Gasteiger partial charge in [0.05, 0.1) is 0 Å². The van der Waals surface area contributed by atoms with Crippen molar-refractivity contribution in [2.75, 3.05) is 6.61 Å². The fourth-order valence-corrected chi connectivity index (χ4v) is 2.78. The third-order valence-electron chi connectivity index (χ3n) is 4.34. The number of allylic oxidation sites excluding steroid dienone is 2. The number of nitrogens with zero attached hydrogens (tertiary/aromatic N) is 1. The van der Waals surface area contributed by atoms with E-state index < -0.39 is 0 Å². The van der Waals surface area contributed by atoms with E-state index in [2.05, 4.69) is 22.7 Å². The summed E-state index contributed by atoms with van der Waals surface area (Å²) in [5.41, 5.74) is 6.06. The maximum atomic E-state index is 11.7. The highest BCUT2D eigenvalue weighted by Crippen LogP contribution is 2.39. The molecule has 1 amide bonds. The molecule has 21 heavy (non-hydrogen) atoms. The highest BCUT2D eigenvalue weighted by molar-refractivity contribution is 5.94. The van der Waals surface area contributed by atoms with Crippen molar-refractivity contribution >= 4 is 11.6 Å². The average Bonchev–Trinajstić information content (AvgIpc) is 2.82. The van der Waals surface area contributed by atoms with Gasteiger partial charge >= 0.3 is 0 Å². The van der Waals surface area contributed by atoms with E-state index in [4.69, 9.17) is 4.74 Å². The van der Waals surface area contributed by atoms with Crippen molar-refractivity contribution in [2.45, 2.75) is 26.7 Å². The van der Waals surface area contributed by atoms with Crippen molar-refractivity contribution in [3.63, 3.8) is 0 Å². The van der Waals surface area contributed by atoms with Gasteiger partial charge in [0, 0.05) is 11.6 Å². The predicted octanol–water partition coefficient (Wildman–Crippen LogP) is 2.75. The summed E-state index contributed by atoms with van der Waals surface area (Å²) in [7, 11) is 0. The first-order valence-electron chi connectivity index (χ1n) is 7.35. The number of nitrogens with one attached hydrogen (secondary N) is 1. The molecule has 1 aromatic carbocycles. The van der Waals surface area contributed by atoms with Gasteiger partial charge in [-0.1, -0.05) is 18.2 Å². The Kier molecular flexibility index (Phi) is 3.78. The number of rotatable bonds is 4. The van der Waals surface area contributed by atoms with Crippen LogP contribution in [0, 0.1) is 25.7 Å². The molecule has 0 spiro atoms. The van der Waals surface area contributed by atoms with Gasteiger partial charge in [0.1, 0.15) is 5.75 Å². The molecule has 0 radical (unpaired) electrons. The first-order chi connectivity index (χ1) is 10.1. The zero-order valence-electron chi connectivity index (χ0n) is 12.4. The Morgan fingerprint density at radius 1 is 1.38 bits per heavy atom. The highest BCUT2D eigenvalue weighted by atomic mass is 16.5. The molecule has 1 N–H and O–H groups in total. The van der Waals surface area contributed by atoms with Crippen LogP contribution in [-0.4, -0.2) is 18.2 Å². The molecule has 110 valence electrons. The molecule has 0 unspecified atom stereocenters. The van der Waals surface area contributed by atoms with Crippen LogP contribution in [-0.2, 0) is 4.79 Å². The van der Waals surface area contributed by atoms with E-state index in [1.165, 1.54) is 5.56 Å². The lowest BCUT2D eigenvalue weighted by molar-refractivity contribution is -0.123. The molecule has 0 aromatic heterocycles. The quantitative estimate of drug-likeness (QED) is 0.682. The van der Waals surface area contributed by atoms with E-state index in [0.29, 0.717) is 17.6 Å². The van der Waals surface area contributed by atoms with Crippen LogP contribution in [0.5, 0.6) is 5.75 Å². The summed E-state index contributed by atoms with van der Waals surface area (Å²) >= 11 is 0. The van der Waals surface area contributed by atoms with Crippen molar-refractivity contribution in [1.82, 2.24) is 5.43 Å². The molecule has 0 saturated heterocycles. The molecule has 2 aliphatic carbocycles. The topological polar surface area (TPSA) is 50.7 Å². The smallest absolute Gasteiger partial charge is 0.277 e. The summed E-state index contributed by atoms with van der Waals surface area (Å²) in [6.45, 7) is 4.06. The van der Waals surface area contributed by atoms with E-state index in [0.717, 1.165) is 24.1 Å². The molecule has 2 atom stereocenters. The predicted molar refractivity (Wildman–Crippen MR) is 82.3 cm³/mol. The number of hydrazone groups is 1. The third-order valence-corrected chi connectivity index (χ3v) is 4.34. The Labute approximate surface area is 124 Å². The molecule has 3 rings (SSSR count). The van der Waals surface area contributed by atoms with Gasteiger partial charge in [-0.15, -0.1) is 0 Å². The summed E-state index contributed by atoms with van der Waals surface area (Å²) in [5.74, 6) is 1.66. The number of ether oxygens (including phenoxy) is 1. The Bertz CT molecular complexity index is 619. The zero-order chi connectivity index (χ0) is 14.8. The highest BCUT2D eigenvalue weighted by Gasteiger charge is 2.37. The molecule has 4 nitrogen and oxygen atoms in total. The number of carbonyl (C=O) groups excluding carboxylic acids is 1. The van der Waals surface area contributed by atoms with Crippen LogP contribution in [0.1, 0.15) is 24.0 Å². The lowest BCUT2D eigenvalue weighted by Gasteiger charge is -2.31. The summed E-state index contributed by atoms with van der Waals surface area (Å²) in [5, 5.41) is 4.21. The van der Waals surface area contributed by atoms with Gasteiger partial charge in [-0.3, -0.25) is 4.79 Å². The average molecular weight is 284 g/mol. The van der Waals surface area contributed by atoms with Crippen molar-refractivity contribution in [3.8, 4) is 5.75 Å². The normalized spacial score (nSPS) is 24.6. The zero-order valence-corrected chi connectivity index (χ0v) is 12.4. The number of aryl methyl sites for hydroxylation is 2. The van der Waals surface area contributed by atoms with Gasteiger partial charge < -0.3 is 4.74 Å². The van der Waals surface area contributed by atoms with Gasteiger partial charge in [-0.2, -0.15) is 5.10 Å². The van der Waals surface area contributed by atoms with Crippen LogP contribution < -0.4 is 10.2 Å². The minimum atomic E-state index is -0.213. The minimum Gasteiger partial charge on any atom is -0.484 e. The van der Waals surface area contributed by atoms with Crippen LogP contribution >= 0.6 is 0 Å². The second kappa shape index (κ2) is 5.72. The standard InChI is InChI=1S/C17H20N2O2/c1-11-6-7-14(8-12(11)2)21-10-17(20)19-18-16-9-13-4-3-5-15(13)16/h3-4,6-8,13,15H,5,9-10H2,1-2H3,(H,19,20)/b18-16-/t13-,15-/m0/s1. The lowest BCUT2D eigenvalue weighted by atomic mass is 9.74. The summed E-state index contributed by atoms with van der Waals surface area (Å²) in [4.78, 5) is 11.7. The Morgan fingerprint density at radius 3 is 3.00 bits per heavy atom. The Morgan fingerprint density at radius 2 is 2.24 bits per heavy atom. The Balaban J connectivity index is 1.46. The minimum absolute atomic E-state index is 0.00831. The lowest BCUT2D eigenvalue weighted by Crippen LogP contribution is -2.36. The van der Waals surface area contributed by atoms with Crippen molar-refractivity contribution in [3.05, 3.63) is 41.5 Å². The van der Waals surface area contributed by atoms with Gasteiger partial charge in [0.2, 0.25) is 0 Å². The van der Waals surface area contributed by atoms with Crippen molar-refractivity contribution in [1.29, 1.82) is 0 Å². The fourth-order valence-electron chi connectivity index (χ4n) is 2.78. The van der Waals surface area contributed by atoms with E-state index in [1.807, 2.05) is 32.0 Å². The van der Waals surface area contributed by atoms with E-state index in [9.17, 15) is 4.79 Å². The number of hydrogen-bond donors (Lipinski definition) is 1. The molecule has 0 aliphatic heterocycles. The molecule has 4 heteroatoms. The number of hydrogen-bond acceptors (Lipinski definition) is 3. The summed E-state index contributed by atoms with van der Waals surface area (Å²) in [6.07, 6.45) is 6.47. The van der Waals surface area contributed by atoms with Crippen LogP contribution in [0.3, 0.4) is 0 Å². The van der Waals surface area contributed by atoms with E-state index in [-0.39, 0.29) is 12.5 Å². The van der Waals surface area contributed by atoms with Crippen LogP contribution in [0.2, 0.25) is 0 Å². The molecule has 0 bridgehead atoms.